The van der Waals surface area contributed by atoms with Gasteiger partial charge in [-0.1, -0.05) is 11.6 Å². The van der Waals surface area contributed by atoms with E-state index in [1.165, 1.54) is 7.11 Å². The number of carbonyl (C=O) groups is 2. The molecule has 1 fully saturated rings. The quantitative estimate of drug-likeness (QED) is 0.857. The number of carboxylic acids is 1. The van der Waals surface area contributed by atoms with Crippen LogP contribution in [0, 0.1) is 5.92 Å². The lowest BCUT2D eigenvalue weighted by Gasteiger charge is -2.35. The third-order valence-electron chi connectivity index (χ3n) is 3.11. The topological polar surface area (TPSA) is 78.9 Å². The van der Waals surface area contributed by atoms with E-state index in [1.54, 1.807) is 23.1 Å². The van der Waals surface area contributed by atoms with Crippen molar-refractivity contribution in [3.63, 3.8) is 0 Å². The van der Waals surface area contributed by atoms with Gasteiger partial charge < -0.3 is 15.2 Å². The maximum Gasteiger partial charge on any atom is 0.309 e. The molecular weight excluding hydrogens is 284 g/mol. The Labute approximate surface area is 121 Å². The molecule has 7 heteroatoms. The van der Waals surface area contributed by atoms with E-state index in [0.29, 0.717) is 29.5 Å². The Balaban J connectivity index is 1.89. The lowest BCUT2D eigenvalue weighted by Crippen LogP contribution is -2.52. The molecule has 0 radical (unpaired) electrons. The van der Waals surface area contributed by atoms with Crippen molar-refractivity contribution in [1.29, 1.82) is 0 Å². The number of likely N-dealkylation sites (tertiary alicyclic amines) is 1. The summed E-state index contributed by atoms with van der Waals surface area (Å²) in [7, 11) is 1.51. The number of amides is 1. The third kappa shape index (κ3) is 3.40. The maximum atomic E-state index is 11.9. The van der Waals surface area contributed by atoms with E-state index >= 15 is 0 Å². The molecule has 1 amide bonds. The summed E-state index contributed by atoms with van der Waals surface area (Å²) >= 11 is 5.87. The molecule has 0 atom stereocenters. The largest absolute Gasteiger partial charge is 0.495 e. The molecule has 0 bridgehead atoms. The lowest BCUT2D eigenvalue weighted by atomic mass is 10.0. The second-order valence-corrected chi connectivity index (χ2v) is 5.06. The number of benzene rings is 1. The fourth-order valence-electron chi connectivity index (χ4n) is 2.03. The van der Waals surface area contributed by atoms with Gasteiger partial charge in [-0.15, -0.1) is 0 Å². The van der Waals surface area contributed by atoms with Gasteiger partial charge >= 0.3 is 5.97 Å². The molecule has 0 aromatic heterocycles. The number of aliphatic carboxylic acids is 1. The van der Waals surface area contributed by atoms with Crippen LogP contribution in [0.1, 0.15) is 0 Å². The Bertz CT molecular complexity index is 529. The molecule has 0 saturated carbocycles. The summed E-state index contributed by atoms with van der Waals surface area (Å²) in [6, 6.07) is 4.94. The Morgan fingerprint density at radius 2 is 2.20 bits per heavy atom. The van der Waals surface area contributed by atoms with Crippen molar-refractivity contribution >= 4 is 29.2 Å². The monoisotopic (exact) mass is 298 g/mol. The van der Waals surface area contributed by atoms with Crippen LogP contribution in [0.3, 0.4) is 0 Å². The van der Waals surface area contributed by atoms with E-state index in [2.05, 4.69) is 5.32 Å². The van der Waals surface area contributed by atoms with Crippen molar-refractivity contribution < 1.29 is 19.4 Å². The molecule has 2 N–H and O–H groups in total. The van der Waals surface area contributed by atoms with E-state index in [-0.39, 0.29) is 18.4 Å². The van der Waals surface area contributed by atoms with Gasteiger partial charge in [-0.2, -0.15) is 0 Å². The number of rotatable bonds is 5. The van der Waals surface area contributed by atoms with Crippen molar-refractivity contribution in [2.24, 2.45) is 5.92 Å². The number of nitrogens with zero attached hydrogens (tertiary/aromatic N) is 1. The van der Waals surface area contributed by atoms with E-state index in [1.807, 2.05) is 0 Å². The SMILES string of the molecule is COc1ccc(Cl)cc1NC(=O)CN1CC(C(=O)O)C1. The number of carboxylic acid groups (broad SMARTS) is 1. The number of carbonyl (C=O) groups excluding carboxylic acids is 1. The molecule has 0 spiro atoms. The Morgan fingerprint density at radius 3 is 2.80 bits per heavy atom. The number of ether oxygens (including phenoxy) is 1. The van der Waals surface area contributed by atoms with Crippen molar-refractivity contribution in [3.8, 4) is 5.75 Å². The van der Waals surface area contributed by atoms with E-state index in [9.17, 15) is 9.59 Å². The van der Waals surface area contributed by atoms with Crippen molar-refractivity contribution in [2.45, 2.75) is 0 Å². The number of methoxy groups -OCH3 is 1. The fourth-order valence-corrected chi connectivity index (χ4v) is 2.20. The van der Waals surface area contributed by atoms with Gasteiger partial charge in [-0.25, -0.2) is 0 Å². The molecule has 1 aliphatic heterocycles. The van der Waals surface area contributed by atoms with Gasteiger partial charge in [-0.05, 0) is 18.2 Å². The highest BCUT2D eigenvalue weighted by molar-refractivity contribution is 6.31. The van der Waals surface area contributed by atoms with Crippen molar-refractivity contribution in [3.05, 3.63) is 23.2 Å². The van der Waals surface area contributed by atoms with Gasteiger partial charge in [0.2, 0.25) is 5.91 Å². The van der Waals surface area contributed by atoms with Crippen LogP contribution in [0.4, 0.5) is 5.69 Å². The van der Waals surface area contributed by atoms with Gasteiger partial charge in [-0.3, -0.25) is 14.5 Å². The third-order valence-corrected chi connectivity index (χ3v) is 3.34. The zero-order valence-corrected chi connectivity index (χ0v) is 11.7. The number of halogens is 1. The second kappa shape index (κ2) is 6.11. The van der Waals surface area contributed by atoms with Crippen LogP contribution in [-0.4, -0.2) is 48.6 Å². The standard InChI is InChI=1S/C13H15ClN2O4/c1-20-11-3-2-9(14)4-10(11)15-12(17)7-16-5-8(6-16)13(18)19/h2-4,8H,5-7H2,1H3,(H,15,17)(H,18,19). The number of anilines is 1. The molecule has 1 saturated heterocycles. The Hall–Kier alpha value is -1.79. The molecule has 1 aromatic carbocycles. The minimum absolute atomic E-state index is 0.152. The molecule has 20 heavy (non-hydrogen) atoms. The molecule has 6 nitrogen and oxygen atoms in total. The predicted molar refractivity (Wildman–Crippen MR) is 74.2 cm³/mol. The second-order valence-electron chi connectivity index (χ2n) is 4.62. The van der Waals surface area contributed by atoms with Crippen molar-refractivity contribution in [2.75, 3.05) is 32.1 Å². The normalized spacial score (nSPS) is 15.5. The molecular formula is C13H15ClN2O4. The summed E-state index contributed by atoms with van der Waals surface area (Å²) in [5.74, 6) is -0.897. The van der Waals surface area contributed by atoms with E-state index < -0.39 is 5.97 Å². The van der Waals surface area contributed by atoms with Crippen LogP contribution in [-0.2, 0) is 9.59 Å². The summed E-state index contributed by atoms with van der Waals surface area (Å²) in [4.78, 5) is 24.3. The molecule has 1 heterocycles. The smallest absolute Gasteiger partial charge is 0.309 e. The summed E-state index contributed by atoms with van der Waals surface area (Å²) < 4.78 is 5.13. The van der Waals surface area contributed by atoms with Crippen LogP contribution in [0.15, 0.2) is 18.2 Å². The highest BCUT2D eigenvalue weighted by Gasteiger charge is 2.33. The fraction of sp³-hybridized carbons (Fsp3) is 0.385. The van der Waals surface area contributed by atoms with Gasteiger partial charge in [0.05, 0.1) is 25.3 Å². The highest BCUT2D eigenvalue weighted by Crippen LogP contribution is 2.27. The van der Waals surface area contributed by atoms with Crippen LogP contribution in [0.25, 0.3) is 0 Å². The highest BCUT2D eigenvalue weighted by atomic mass is 35.5. The molecule has 0 unspecified atom stereocenters. The van der Waals surface area contributed by atoms with E-state index in [0.717, 1.165) is 0 Å². The molecule has 2 rings (SSSR count). The van der Waals surface area contributed by atoms with Crippen LogP contribution in [0.2, 0.25) is 5.02 Å². The first-order valence-electron chi connectivity index (χ1n) is 6.08. The first-order valence-corrected chi connectivity index (χ1v) is 6.46. The number of nitrogens with one attached hydrogen (secondary N) is 1. The molecule has 1 aliphatic rings. The summed E-state index contributed by atoms with van der Waals surface area (Å²) in [6.07, 6.45) is 0. The minimum Gasteiger partial charge on any atom is -0.495 e. The zero-order valence-electron chi connectivity index (χ0n) is 10.9. The molecule has 1 aromatic rings. The minimum atomic E-state index is -0.821. The van der Waals surface area contributed by atoms with Gasteiger partial charge in [0.15, 0.2) is 0 Å². The average molecular weight is 299 g/mol. The summed E-state index contributed by atoms with van der Waals surface area (Å²) in [5, 5.41) is 12.0. The van der Waals surface area contributed by atoms with Gasteiger partial charge in [0.25, 0.3) is 0 Å². The predicted octanol–water partition coefficient (Wildman–Crippen LogP) is 1.30. The lowest BCUT2D eigenvalue weighted by molar-refractivity contribution is -0.148. The van der Waals surface area contributed by atoms with Crippen LogP contribution in [0.5, 0.6) is 5.75 Å². The van der Waals surface area contributed by atoms with Crippen LogP contribution >= 0.6 is 11.6 Å². The number of hydrogen-bond acceptors (Lipinski definition) is 4. The first kappa shape index (κ1) is 14.6. The van der Waals surface area contributed by atoms with Crippen LogP contribution < -0.4 is 10.1 Å². The van der Waals surface area contributed by atoms with E-state index in [4.69, 9.17) is 21.4 Å². The maximum absolute atomic E-state index is 11.9. The van der Waals surface area contributed by atoms with Crippen molar-refractivity contribution in [1.82, 2.24) is 4.90 Å². The Morgan fingerprint density at radius 1 is 1.50 bits per heavy atom. The first-order chi connectivity index (χ1) is 9.49. The molecule has 0 aliphatic carbocycles. The Kier molecular flexibility index (Phi) is 4.46. The average Bonchev–Trinajstić information content (AvgIpc) is 2.33. The summed E-state index contributed by atoms with van der Waals surface area (Å²) in [6.45, 7) is 0.949. The molecule has 108 valence electrons. The van der Waals surface area contributed by atoms with Gasteiger partial charge in [0, 0.05) is 18.1 Å². The zero-order chi connectivity index (χ0) is 14.7. The number of hydrogen-bond donors (Lipinski definition) is 2. The summed E-state index contributed by atoms with van der Waals surface area (Å²) in [5.41, 5.74) is 0.500. The van der Waals surface area contributed by atoms with Gasteiger partial charge in [0.1, 0.15) is 5.75 Å².